The molecule has 0 amide bonds. The standard InChI is InChI=1S/C4H12O3SSi/c1-4-9(2,3)8(5,6)7/h4H2,1-3H3,(H,5,6,7). The van der Waals surface area contributed by atoms with E-state index in [1.165, 1.54) is 0 Å². The highest BCUT2D eigenvalue weighted by Crippen LogP contribution is 2.14. The van der Waals surface area contributed by atoms with Crippen LogP contribution in [0.25, 0.3) is 0 Å². The Labute approximate surface area is 56.5 Å². The molecule has 0 spiro atoms. The molecule has 0 aromatic rings. The lowest BCUT2D eigenvalue weighted by atomic mass is 11.0. The smallest absolute Gasteiger partial charge is 0.227 e. The van der Waals surface area contributed by atoms with Gasteiger partial charge in [-0.1, -0.05) is 20.0 Å². The molecule has 0 atom stereocenters. The molecule has 0 aliphatic rings. The van der Waals surface area contributed by atoms with E-state index in [2.05, 4.69) is 0 Å². The number of hydrogen-bond acceptors (Lipinski definition) is 2. The Hall–Kier alpha value is 0.127. The first-order valence-electron chi connectivity index (χ1n) is 2.78. The van der Waals surface area contributed by atoms with E-state index < -0.39 is 16.8 Å². The summed E-state index contributed by atoms with van der Waals surface area (Å²) in [4.78, 5) is 0. The van der Waals surface area contributed by atoms with Gasteiger partial charge in [-0.2, -0.15) is 0 Å². The van der Waals surface area contributed by atoms with Crippen LogP contribution < -0.4 is 0 Å². The van der Waals surface area contributed by atoms with E-state index >= 15 is 0 Å². The second kappa shape index (κ2) is 2.40. The van der Waals surface area contributed by atoms with Crippen LogP contribution >= 0.6 is 0 Å². The van der Waals surface area contributed by atoms with Gasteiger partial charge in [-0.05, 0) is 6.04 Å². The van der Waals surface area contributed by atoms with Crippen molar-refractivity contribution in [3.05, 3.63) is 0 Å². The Bertz CT molecular complexity index is 182. The molecule has 0 aliphatic carbocycles. The van der Waals surface area contributed by atoms with Gasteiger partial charge >= 0.3 is 0 Å². The summed E-state index contributed by atoms with van der Waals surface area (Å²) in [6.07, 6.45) is 0. The lowest BCUT2D eigenvalue weighted by Gasteiger charge is -2.13. The molecule has 0 saturated carbocycles. The van der Waals surface area contributed by atoms with E-state index in [0.29, 0.717) is 6.04 Å². The molecule has 3 nitrogen and oxygen atoms in total. The third kappa shape index (κ3) is 2.07. The largest absolute Gasteiger partial charge is 0.291 e. The fourth-order valence-electron chi connectivity index (χ4n) is 0.182. The van der Waals surface area contributed by atoms with Gasteiger partial charge in [0.1, 0.15) is 0 Å². The molecule has 5 heteroatoms. The van der Waals surface area contributed by atoms with Crippen LogP contribution in [0, 0.1) is 0 Å². The molecule has 1 N–H and O–H groups in total. The van der Waals surface area contributed by atoms with Gasteiger partial charge in [-0.3, -0.25) is 4.55 Å². The zero-order valence-electron chi connectivity index (χ0n) is 5.88. The van der Waals surface area contributed by atoms with Crippen LogP contribution in [0.3, 0.4) is 0 Å². The van der Waals surface area contributed by atoms with Crippen LogP contribution in [0.5, 0.6) is 0 Å². The van der Waals surface area contributed by atoms with E-state index in [0.717, 1.165) is 0 Å². The van der Waals surface area contributed by atoms with Gasteiger partial charge in [0.15, 0.2) is 0 Å². The summed E-state index contributed by atoms with van der Waals surface area (Å²) < 4.78 is 29.6. The molecule has 9 heavy (non-hydrogen) atoms. The quantitative estimate of drug-likeness (QED) is 0.496. The molecule has 56 valence electrons. The maximum Gasteiger partial charge on any atom is 0.227 e. The van der Waals surface area contributed by atoms with Gasteiger partial charge in [0.05, 0.1) is 0 Å². The van der Waals surface area contributed by atoms with Crippen molar-refractivity contribution in [3.8, 4) is 0 Å². The summed E-state index contributed by atoms with van der Waals surface area (Å²) in [7, 11) is -6.06. The van der Waals surface area contributed by atoms with Gasteiger partial charge in [0.2, 0.25) is 16.8 Å². The molecule has 0 fully saturated rings. The lowest BCUT2D eigenvalue weighted by Crippen LogP contribution is -2.35. The molecule has 0 aromatic heterocycles. The summed E-state index contributed by atoms with van der Waals surface area (Å²) in [5.74, 6) is 0. The first-order valence-corrected chi connectivity index (χ1v) is 8.15. The minimum Gasteiger partial charge on any atom is -0.291 e. The van der Waals surface area contributed by atoms with Crippen LogP contribution in [-0.4, -0.2) is 20.2 Å². The predicted molar refractivity (Wildman–Crippen MR) is 39.5 cm³/mol. The minimum atomic E-state index is -3.71. The summed E-state index contributed by atoms with van der Waals surface area (Å²) in [6, 6.07) is 0.561. The van der Waals surface area contributed by atoms with Gasteiger partial charge in [0, 0.05) is 0 Å². The summed E-state index contributed by atoms with van der Waals surface area (Å²) in [6.45, 7) is 5.03. The highest BCUT2D eigenvalue weighted by Gasteiger charge is 2.33. The van der Waals surface area contributed by atoms with Crippen molar-refractivity contribution in [3.63, 3.8) is 0 Å². The summed E-state index contributed by atoms with van der Waals surface area (Å²) in [5, 5.41) is 0. The van der Waals surface area contributed by atoms with Crippen LogP contribution in [0.2, 0.25) is 19.1 Å². The zero-order valence-corrected chi connectivity index (χ0v) is 7.70. The third-order valence-electron chi connectivity index (χ3n) is 1.55. The summed E-state index contributed by atoms with van der Waals surface area (Å²) >= 11 is 0. The Morgan fingerprint density at radius 3 is 1.78 bits per heavy atom. The van der Waals surface area contributed by atoms with E-state index in [9.17, 15) is 8.42 Å². The van der Waals surface area contributed by atoms with Crippen molar-refractivity contribution in [2.75, 3.05) is 0 Å². The van der Waals surface area contributed by atoms with Crippen molar-refractivity contribution in [1.82, 2.24) is 0 Å². The maximum atomic E-state index is 10.5. The van der Waals surface area contributed by atoms with Crippen LogP contribution in [0.15, 0.2) is 0 Å². The Balaban J connectivity index is 4.56. The van der Waals surface area contributed by atoms with Crippen LogP contribution in [0.4, 0.5) is 0 Å². The second-order valence-corrected chi connectivity index (χ2v) is 12.6. The molecule has 0 unspecified atom stereocenters. The monoisotopic (exact) mass is 168 g/mol. The average molecular weight is 168 g/mol. The van der Waals surface area contributed by atoms with E-state index in [1.807, 2.05) is 0 Å². The van der Waals surface area contributed by atoms with E-state index in [4.69, 9.17) is 4.55 Å². The Morgan fingerprint density at radius 2 is 1.78 bits per heavy atom. The molecule has 0 rings (SSSR count). The van der Waals surface area contributed by atoms with Crippen molar-refractivity contribution in [2.24, 2.45) is 0 Å². The van der Waals surface area contributed by atoms with Crippen LogP contribution in [-0.2, 0) is 9.57 Å². The average Bonchev–Trinajstić information content (AvgIpc) is 1.64. The Kier molecular flexibility index (Phi) is 2.43. The highest BCUT2D eigenvalue weighted by molar-refractivity contribution is 8.17. The van der Waals surface area contributed by atoms with Crippen molar-refractivity contribution in [1.29, 1.82) is 0 Å². The van der Waals surface area contributed by atoms with Gasteiger partial charge in [-0.25, -0.2) is 8.42 Å². The molecule has 0 aliphatic heterocycles. The number of hydrogen-bond donors (Lipinski definition) is 1. The maximum absolute atomic E-state index is 10.5. The molecule has 0 radical (unpaired) electrons. The Morgan fingerprint density at radius 1 is 1.44 bits per heavy atom. The highest BCUT2D eigenvalue weighted by atomic mass is 32.4. The number of rotatable bonds is 2. The third-order valence-corrected chi connectivity index (χ3v) is 9.71. The molecular formula is C4H12O3SSi. The molecule has 0 aromatic carbocycles. The molecule has 0 heterocycles. The van der Waals surface area contributed by atoms with E-state index in [1.54, 1.807) is 20.0 Å². The van der Waals surface area contributed by atoms with Crippen molar-refractivity contribution in [2.45, 2.75) is 26.1 Å². The minimum absolute atomic E-state index is 0.561. The fourth-order valence-corrected chi connectivity index (χ4v) is 1.64. The fraction of sp³-hybridized carbons (Fsp3) is 1.00. The predicted octanol–water partition coefficient (Wildman–Crippen LogP) is 1.10. The molecule has 0 bridgehead atoms. The zero-order chi connectivity index (χ0) is 7.71. The topological polar surface area (TPSA) is 54.4 Å². The first kappa shape index (κ1) is 9.13. The lowest BCUT2D eigenvalue weighted by molar-refractivity contribution is 0.498. The van der Waals surface area contributed by atoms with Crippen molar-refractivity contribution < 1.29 is 13.0 Å². The van der Waals surface area contributed by atoms with Crippen molar-refractivity contribution >= 4 is 16.8 Å². The first-order chi connectivity index (χ1) is 3.81. The van der Waals surface area contributed by atoms with E-state index in [-0.39, 0.29) is 0 Å². The van der Waals surface area contributed by atoms with Gasteiger partial charge in [-0.15, -0.1) is 0 Å². The molecule has 0 saturated heterocycles. The summed E-state index contributed by atoms with van der Waals surface area (Å²) in [5.41, 5.74) is 0. The van der Waals surface area contributed by atoms with Crippen LogP contribution in [0.1, 0.15) is 6.92 Å². The molecular weight excluding hydrogens is 156 g/mol. The SMILES string of the molecule is CC[Si](C)(C)S(=O)(=O)O. The van der Waals surface area contributed by atoms with Gasteiger partial charge < -0.3 is 0 Å². The van der Waals surface area contributed by atoms with Gasteiger partial charge in [0.25, 0.3) is 0 Å². The second-order valence-electron chi connectivity index (χ2n) is 2.59. The normalized spacial score (nSPS) is 13.8.